The Bertz CT molecular complexity index is 932. The topological polar surface area (TPSA) is 105 Å². The van der Waals surface area contributed by atoms with Gasteiger partial charge in [0.2, 0.25) is 0 Å². The SMILES string of the molecule is O=C(NCCc1cccs1)[C@H](O)[C@@H](O)C(=O)N1CCC[C@@H]1c1cccc(N2CCNCC2)c1. The highest BCUT2D eigenvalue weighted by molar-refractivity contribution is 7.09. The summed E-state index contributed by atoms with van der Waals surface area (Å²) in [6.45, 7) is 4.58. The highest BCUT2D eigenvalue weighted by atomic mass is 32.1. The van der Waals surface area contributed by atoms with Gasteiger partial charge in [-0.3, -0.25) is 9.59 Å². The number of carbonyl (C=O) groups is 2. The molecule has 2 amide bonds. The number of rotatable bonds is 8. The normalized spacial score (nSPS) is 20.5. The Hall–Kier alpha value is -2.46. The van der Waals surface area contributed by atoms with E-state index in [9.17, 15) is 19.8 Å². The van der Waals surface area contributed by atoms with Crippen molar-refractivity contribution in [3.8, 4) is 0 Å². The summed E-state index contributed by atoms with van der Waals surface area (Å²) >= 11 is 1.59. The monoisotopic (exact) mass is 472 g/mol. The Labute approximate surface area is 198 Å². The van der Waals surface area contributed by atoms with Gasteiger partial charge < -0.3 is 30.6 Å². The van der Waals surface area contributed by atoms with Crippen LogP contribution < -0.4 is 15.5 Å². The first kappa shape index (κ1) is 23.7. The summed E-state index contributed by atoms with van der Waals surface area (Å²) in [6, 6.07) is 11.9. The molecule has 9 heteroatoms. The van der Waals surface area contributed by atoms with Gasteiger partial charge in [0.1, 0.15) is 0 Å². The van der Waals surface area contributed by atoms with Crippen LogP contribution >= 0.6 is 11.3 Å². The van der Waals surface area contributed by atoms with Crippen LogP contribution in [0, 0.1) is 0 Å². The third kappa shape index (κ3) is 5.73. The van der Waals surface area contributed by atoms with Gasteiger partial charge in [-0.2, -0.15) is 0 Å². The van der Waals surface area contributed by atoms with Gasteiger partial charge in [0.15, 0.2) is 12.2 Å². The molecule has 0 radical (unpaired) electrons. The molecule has 33 heavy (non-hydrogen) atoms. The third-order valence-corrected chi connectivity index (χ3v) is 7.28. The molecule has 4 rings (SSSR count). The molecule has 0 unspecified atom stereocenters. The largest absolute Gasteiger partial charge is 0.380 e. The molecule has 2 aliphatic rings. The second-order valence-corrected chi connectivity index (χ2v) is 9.56. The number of benzene rings is 1. The van der Waals surface area contributed by atoms with Crippen molar-refractivity contribution in [3.63, 3.8) is 0 Å². The maximum atomic E-state index is 13.0. The fraction of sp³-hybridized carbons (Fsp3) is 0.500. The van der Waals surface area contributed by atoms with E-state index in [0.29, 0.717) is 19.5 Å². The van der Waals surface area contributed by atoms with Crippen molar-refractivity contribution in [2.75, 3.05) is 44.2 Å². The lowest BCUT2D eigenvalue weighted by Gasteiger charge is -2.32. The fourth-order valence-electron chi connectivity index (χ4n) is 4.55. The lowest BCUT2D eigenvalue weighted by Crippen LogP contribution is -2.50. The summed E-state index contributed by atoms with van der Waals surface area (Å²) in [6.07, 6.45) is -1.35. The molecule has 178 valence electrons. The van der Waals surface area contributed by atoms with Crippen molar-refractivity contribution >= 4 is 28.8 Å². The van der Waals surface area contributed by atoms with E-state index in [1.165, 1.54) is 0 Å². The molecule has 0 aliphatic carbocycles. The Morgan fingerprint density at radius 1 is 1.12 bits per heavy atom. The Balaban J connectivity index is 1.37. The van der Waals surface area contributed by atoms with Crippen LogP contribution in [0.2, 0.25) is 0 Å². The second kappa shape index (κ2) is 11.1. The Kier molecular flexibility index (Phi) is 7.97. The van der Waals surface area contributed by atoms with E-state index in [1.807, 2.05) is 29.6 Å². The zero-order valence-electron chi connectivity index (χ0n) is 18.7. The van der Waals surface area contributed by atoms with Gasteiger partial charge in [-0.15, -0.1) is 11.3 Å². The molecule has 2 aliphatic heterocycles. The van der Waals surface area contributed by atoms with E-state index < -0.39 is 24.0 Å². The minimum atomic E-state index is -1.80. The van der Waals surface area contributed by atoms with Crippen molar-refractivity contribution in [1.29, 1.82) is 0 Å². The molecule has 1 aromatic carbocycles. The lowest BCUT2D eigenvalue weighted by atomic mass is 10.0. The van der Waals surface area contributed by atoms with Crippen LogP contribution in [0.1, 0.15) is 29.3 Å². The Morgan fingerprint density at radius 3 is 2.70 bits per heavy atom. The smallest absolute Gasteiger partial charge is 0.255 e. The number of thiophene rings is 1. The van der Waals surface area contributed by atoms with Crippen molar-refractivity contribution in [2.45, 2.75) is 37.5 Å². The van der Waals surface area contributed by atoms with Gasteiger partial charge in [-0.05, 0) is 48.4 Å². The van der Waals surface area contributed by atoms with E-state index in [4.69, 9.17) is 0 Å². The quantitative estimate of drug-likeness (QED) is 0.455. The lowest BCUT2D eigenvalue weighted by molar-refractivity contribution is -0.153. The summed E-state index contributed by atoms with van der Waals surface area (Å²) in [4.78, 5) is 30.4. The van der Waals surface area contributed by atoms with Gasteiger partial charge >= 0.3 is 0 Å². The highest BCUT2D eigenvalue weighted by Crippen LogP contribution is 2.34. The van der Waals surface area contributed by atoms with E-state index in [1.54, 1.807) is 16.2 Å². The maximum absolute atomic E-state index is 13.0. The summed E-state index contributed by atoms with van der Waals surface area (Å²) < 4.78 is 0. The van der Waals surface area contributed by atoms with Crippen LogP contribution in [0.3, 0.4) is 0 Å². The van der Waals surface area contributed by atoms with Crippen molar-refractivity contribution in [2.24, 2.45) is 0 Å². The number of aliphatic hydroxyl groups is 2. The molecule has 0 saturated carbocycles. The summed E-state index contributed by atoms with van der Waals surface area (Å²) in [7, 11) is 0. The number of carbonyl (C=O) groups excluding carboxylic acids is 2. The van der Waals surface area contributed by atoms with Crippen molar-refractivity contribution in [3.05, 3.63) is 52.2 Å². The number of piperazine rings is 1. The first-order valence-corrected chi connectivity index (χ1v) is 12.4. The van der Waals surface area contributed by atoms with E-state index in [-0.39, 0.29) is 6.04 Å². The average molecular weight is 473 g/mol. The summed E-state index contributed by atoms with van der Waals surface area (Å²) in [5.41, 5.74) is 2.14. The standard InChI is InChI=1S/C24H32N4O4S/c29-21(23(31)26-9-8-19-6-3-15-33-19)22(30)24(32)28-12-2-7-20(28)17-4-1-5-18(16-17)27-13-10-25-11-14-27/h1,3-6,15-16,20-22,25,29-30H,2,7-14H2,(H,26,31)/t20-,21-,22-/m1/s1. The van der Waals surface area contributed by atoms with Crippen molar-refractivity contribution in [1.82, 2.24) is 15.5 Å². The number of hydrogen-bond acceptors (Lipinski definition) is 7. The molecule has 1 aromatic heterocycles. The number of aliphatic hydroxyl groups excluding tert-OH is 2. The zero-order chi connectivity index (χ0) is 23.2. The minimum absolute atomic E-state index is 0.177. The molecule has 8 nitrogen and oxygen atoms in total. The zero-order valence-corrected chi connectivity index (χ0v) is 19.5. The first-order chi connectivity index (χ1) is 16.0. The van der Waals surface area contributed by atoms with E-state index in [0.717, 1.165) is 55.1 Å². The fourth-order valence-corrected chi connectivity index (χ4v) is 5.25. The average Bonchev–Trinajstić information content (AvgIpc) is 3.55. The first-order valence-electron chi connectivity index (χ1n) is 11.6. The van der Waals surface area contributed by atoms with Crippen LogP contribution in [-0.2, 0) is 16.0 Å². The molecule has 2 saturated heterocycles. The van der Waals surface area contributed by atoms with Crippen LogP contribution in [0.5, 0.6) is 0 Å². The third-order valence-electron chi connectivity index (χ3n) is 6.34. The molecule has 0 bridgehead atoms. The molecule has 4 N–H and O–H groups in total. The molecular formula is C24H32N4O4S. The van der Waals surface area contributed by atoms with Crippen LogP contribution in [0.15, 0.2) is 41.8 Å². The van der Waals surface area contributed by atoms with Gasteiger partial charge in [-0.1, -0.05) is 18.2 Å². The second-order valence-electron chi connectivity index (χ2n) is 8.53. The van der Waals surface area contributed by atoms with Gasteiger partial charge in [0.05, 0.1) is 6.04 Å². The number of amides is 2. The predicted octanol–water partition coefficient (Wildman–Crippen LogP) is 0.902. The van der Waals surface area contributed by atoms with Crippen LogP contribution in [0.4, 0.5) is 5.69 Å². The predicted molar refractivity (Wildman–Crippen MR) is 128 cm³/mol. The molecule has 2 fully saturated rings. The minimum Gasteiger partial charge on any atom is -0.380 e. The molecule has 3 atom stereocenters. The number of hydrogen-bond donors (Lipinski definition) is 4. The number of likely N-dealkylation sites (tertiary alicyclic amines) is 1. The number of nitrogens with zero attached hydrogens (tertiary/aromatic N) is 2. The summed E-state index contributed by atoms with van der Waals surface area (Å²) in [5.74, 6) is -1.34. The summed E-state index contributed by atoms with van der Waals surface area (Å²) in [5, 5.41) is 28.8. The van der Waals surface area contributed by atoms with Crippen LogP contribution in [0.25, 0.3) is 0 Å². The molecular weight excluding hydrogens is 440 g/mol. The van der Waals surface area contributed by atoms with Crippen LogP contribution in [-0.4, -0.2) is 78.4 Å². The highest BCUT2D eigenvalue weighted by Gasteiger charge is 2.38. The van der Waals surface area contributed by atoms with Gasteiger partial charge in [0, 0.05) is 49.8 Å². The van der Waals surface area contributed by atoms with Gasteiger partial charge in [0.25, 0.3) is 11.8 Å². The Morgan fingerprint density at radius 2 is 1.94 bits per heavy atom. The maximum Gasteiger partial charge on any atom is 0.255 e. The molecule has 0 spiro atoms. The molecule has 2 aromatic rings. The number of nitrogens with one attached hydrogen (secondary N) is 2. The van der Waals surface area contributed by atoms with E-state index >= 15 is 0 Å². The molecule has 3 heterocycles. The van der Waals surface area contributed by atoms with E-state index in [2.05, 4.69) is 27.7 Å². The van der Waals surface area contributed by atoms with Crippen molar-refractivity contribution < 1.29 is 19.8 Å². The number of anilines is 1. The van der Waals surface area contributed by atoms with Gasteiger partial charge in [-0.25, -0.2) is 0 Å².